The maximum atomic E-state index is 5.22. The number of hydrogen-bond donors (Lipinski definition) is 0. The Balaban J connectivity index is 1.68. The maximum absolute atomic E-state index is 5.22. The summed E-state index contributed by atoms with van der Waals surface area (Å²) < 4.78 is 5.22. The van der Waals surface area contributed by atoms with Gasteiger partial charge in [-0.05, 0) is 53.3 Å². The predicted molar refractivity (Wildman–Crippen MR) is 65.8 cm³/mol. The lowest BCUT2D eigenvalue weighted by atomic mass is 10.1. The highest BCUT2D eigenvalue weighted by Gasteiger charge is 2.16. The fourth-order valence-electron chi connectivity index (χ4n) is 2.14. The van der Waals surface area contributed by atoms with Crippen LogP contribution >= 0.6 is 0 Å². The average molecular weight is 210 g/mol. The lowest BCUT2D eigenvalue weighted by Gasteiger charge is -2.03. The second-order valence-corrected chi connectivity index (χ2v) is 4.22. The van der Waals surface area contributed by atoms with E-state index >= 15 is 0 Å². The lowest BCUT2D eigenvalue weighted by molar-refractivity contribution is 0.414. The van der Waals surface area contributed by atoms with E-state index in [2.05, 4.69) is 36.4 Å². The second kappa shape index (κ2) is 3.67. The van der Waals surface area contributed by atoms with Crippen molar-refractivity contribution in [3.63, 3.8) is 0 Å². The van der Waals surface area contributed by atoms with Crippen LogP contribution in [0, 0.1) is 0 Å². The number of ether oxygens (including phenoxy) is 1. The molecule has 0 spiro atoms. The first-order chi connectivity index (χ1) is 7.86. The Hall–Kier alpha value is -1.76. The highest BCUT2D eigenvalue weighted by atomic mass is 16.5. The zero-order chi connectivity index (χ0) is 11.0. The van der Waals surface area contributed by atoms with Crippen LogP contribution < -0.4 is 4.74 Å². The van der Waals surface area contributed by atoms with Gasteiger partial charge in [-0.3, -0.25) is 0 Å². The smallest absolute Gasteiger partial charge is 0.119 e. The Labute approximate surface area is 95.7 Å². The summed E-state index contributed by atoms with van der Waals surface area (Å²) in [6.45, 7) is 0. The van der Waals surface area contributed by atoms with Gasteiger partial charge in [-0.1, -0.05) is 24.3 Å². The Morgan fingerprint density at radius 3 is 2.62 bits per heavy atom. The molecular weight excluding hydrogens is 196 g/mol. The highest BCUT2D eigenvalue weighted by molar-refractivity contribution is 5.84. The molecule has 1 heteroatoms. The third-order valence-corrected chi connectivity index (χ3v) is 3.15. The molecule has 0 saturated carbocycles. The van der Waals surface area contributed by atoms with Gasteiger partial charge in [0.1, 0.15) is 5.75 Å². The highest BCUT2D eigenvalue weighted by Crippen LogP contribution is 2.38. The molecule has 0 unspecified atom stereocenters. The summed E-state index contributed by atoms with van der Waals surface area (Å²) in [4.78, 5) is 0. The zero-order valence-corrected chi connectivity index (χ0v) is 9.36. The predicted octanol–water partition coefficient (Wildman–Crippen LogP) is 3.46. The van der Waals surface area contributed by atoms with Gasteiger partial charge in [0.25, 0.3) is 0 Å². The summed E-state index contributed by atoms with van der Waals surface area (Å²) in [5.74, 6) is 0.947. The van der Waals surface area contributed by atoms with E-state index in [1.165, 1.54) is 22.3 Å². The van der Waals surface area contributed by atoms with Gasteiger partial charge in [0.2, 0.25) is 0 Å². The van der Waals surface area contributed by atoms with E-state index in [1.54, 1.807) is 7.11 Å². The molecule has 80 valence electrons. The molecule has 0 aromatic heterocycles. The normalized spacial score (nSPS) is 11.3. The minimum absolute atomic E-state index is 0.947. The van der Waals surface area contributed by atoms with Gasteiger partial charge >= 0.3 is 0 Å². The third-order valence-electron chi connectivity index (χ3n) is 3.15. The number of hydrogen-bond acceptors (Lipinski definition) is 1. The van der Waals surface area contributed by atoms with Gasteiger partial charge in [0.15, 0.2) is 0 Å². The molecule has 1 aromatic carbocycles. The molecule has 0 atom stereocenters. The first-order valence-corrected chi connectivity index (χ1v) is 5.63. The fourth-order valence-corrected chi connectivity index (χ4v) is 2.14. The first-order valence-electron chi connectivity index (χ1n) is 5.63. The molecule has 0 amide bonds. The zero-order valence-electron chi connectivity index (χ0n) is 9.36. The van der Waals surface area contributed by atoms with Crippen LogP contribution in [0.1, 0.15) is 11.1 Å². The molecule has 0 bridgehead atoms. The molecule has 1 aromatic rings. The molecule has 0 heterocycles. The van der Waals surface area contributed by atoms with E-state index in [0.717, 1.165) is 18.6 Å². The topological polar surface area (TPSA) is 9.23 Å². The Morgan fingerprint density at radius 1 is 1.00 bits per heavy atom. The van der Waals surface area contributed by atoms with Crippen LogP contribution in [-0.2, 0) is 12.8 Å². The first kappa shape index (κ1) is 9.46. The summed E-state index contributed by atoms with van der Waals surface area (Å²) >= 11 is 0. The quantitative estimate of drug-likeness (QED) is 0.640. The average Bonchev–Trinajstić information content (AvgIpc) is 3.01. The summed E-state index contributed by atoms with van der Waals surface area (Å²) in [5, 5.41) is 0. The van der Waals surface area contributed by atoms with Gasteiger partial charge in [0.05, 0.1) is 7.11 Å². The number of fused-ring (bicyclic) bond motifs is 1. The van der Waals surface area contributed by atoms with Crippen molar-refractivity contribution in [2.24, 2.45) is 0 Å². The van der Waals surface area contributed by atoms with Gasteiger partial charge in [-0.15, -0.1) is 0 Å². The van der Waals surface area contributed by atoms with Gasteiger partial charge < -0.3 is 4.74 Å². The van der Waals surface area contributed by atoms with Crippen LogP contribution in [0.3, 0.4) is 0 Å². The van der Waals surface area contributed by atoms with E-state index in [0.29, 0.717) is 0 Å². The molecule has 16 heavy (non-hydrogen) atoms. The van der Waals surface area contributed by atoms with Gasteiger partial charge in [-0.2, -0.15) is 0 Å². The fraction of sp³-hybridized carbons (Fsp3) is 0.200. The van der Waals surface area contributed by atoms with Crippen molar-refractivity contribution in [3.05, 3.63) is 53.6 Å². The van der Waals surface area contributed by atoms with Gasteiger partial charge in [-0.25, -0.2) is 0 Å². The summed E-state index contributed by atoms with van der Waals surface area (Å²) in [7, 11) is 1.71. The Bertz CT molecular complexity index is 529. The largest absolute Gasteiger partial charge is 0.497 e. The monoisotopic (exact) mass is 210 g/mol. The Morgan fingerprint density at radius 2 is 1.94 bits per heavy atom. The SMILES string of the molecule is COc1cccc(CCc2ccc3cc2-3)c1. The van der Waals surface area contributed by atoms with Crippen molar-refractivity contribution < 1.29 is 4.74 Å². The summed E-state index contributed by atoms with van der Waals surface area (Å²) in [5.41, 5.74) is 5.73. The van der Waals surface area contributed by atoms with Crippen LogP contribution in [0.25, 0.3) is 11.1 Å². The number of aryl methyl sites for hydroxylation is 2. The molecule has 2 aliphatic rings. The molecule has 0 saturated heterocycles. The van der Waals surface area contributed by atoms with Crippen LogP contribution in [0.4, 0.5) is 0 Å². The molecule has 0 aliphatic heterocycles. The van der Waals surface area contributed by atoms with Crippen molar-refractivity contribution in [1.82, 2.24) is 0 Å². The molecule has 2 aliphatic carbocycles. The van der Waals surface area contributed by atoms with E-state index in [-0.39, 0.29) is 0 Å². The minimum atomic E-state index is 0.947. The van der Waals surface area contributed by atoms with Crippen molar-refractivity contribution in [1.29, 1.82) is 0 Å². The number of rotatable bonds is 4. The van der Waals surface area contributed by atoms with E-state index in [4.69, 9.17) is 4.74 Å². The number of benzene rings is 2. The molecule has 0 N–H and O–H groups in total. The van der Waals surface area contributed by atoms with Crippen LogP contribution in [0.15, 0.2) is 42.5 Å². The van der Waals surface area contributed by atoms with Crippen LogP contribution in [0.2, 0.25) is 0 Å². The van der Waals surface area contributed by atoms with Crippen molar-refractivity contribution in [2.75, 3.05) is 7.11 Å². The van der Waals surface area contributed by atoms with E-state index < -0.39 is 0 Å². The lowest BCUT2D eigenvalue weighted by Crippen LogP contribution is -1.91. The standard InChI is InChI=1S/C15H14O/c1-16-14-4-2-3-11(9-14)5-6-12-7-8-13-10-15(12)13/h2-4,7-10H,5-6H2,1H3. The van der Waals surface area contributed by atoms with E-state index in [1.807, 2.05) is 6.07 Å². The number of methoxy groups -OCH3 is 1. The van der Waals surface area contributed by atoms with Crippen molar-refractivity contribution in [3.8, 4) is 16.9 Å². The minimum Gasteiger partial charge on any atom is -0.497 e. The van der Waals surface area contributed by atoms with Crippen molar-refractivity contribution in [2.45, 2.75) is 12.8 Å². The Kier molecular flexibility index (Phi) is 2.17. The molecule has 1 nitrogen and oxygen atoms in total. The third kappa shape index (κ3) is 1.69. The molecule has 0 radical (unpaired) electrons. The van der Waals surface area contributed by atoms with Crippen LogP contribution in [-0.4, -0.2) is 7.11 Å². The molecular formula is C15H14O. The molecule has 0 fully saturated rings. The van der Waals surface area contributed by atoms with E-state index in [9.17, 15) is 0 Å². The summed E-state index contributed by atoms with van der Waals surface area (Å²) in [6.07, 6.45) is 2.21. The maximum Gasteiger partial charge on any atom is 0.119 e. The summed E-state index contributed by atoms with van der Waals surface area (Å²) in [6, 6.07) is 15.0. The van der Waals surface area contributed by atoms with Crippen molar-refractivity contribution >= 4 is 0 Å². The van der Waals surface area contributed by atoms with Crippen LogP contribution in [0.5, 0.6) is 5.75 Å². The van der Waals surface area contributed by atoms with Gasteiger partial charge in [0, 0.05) is 0 Å². The second-order valence-electron chi connectivity index (χ2n) is 4.22. The molecule has 3 rings (SSSR count).